The average Bonchev–Trinajstić information content (AvgIpc) is 4.12. The van der Waals surface area contributed by atoms with Crippen molar-refractivity contribution >= 4 is 71.6 Å². The smallest absolute Gasteiger partial charge is 0.143 e. The van der Waals surface area contributed by atoms with Crippen LogP contribution in [-0.4, -0.2) is 4.57 Å². The van der Waals surface area contributed by atoms with Crippen LogP contribution in [0.25, 0.3) is 93.6 Å². The van der Waals surface area contributed by atoms with Gasteiger partial charge in [0, 0.05) is 38.8 Å². The van der Waals surface area contributed by atoms with Crippen molar-refractivity contribution in [1.82, 2.24) is 4.57 Å². The summed E-state index contributed by atoms with van der Waals surface area (Å²) in [5, 5.41) is 6.87. The Kier molecular flexibility index (Phi) is 9.48. The molecule has 0 fully saturated rings. The second-order valence-electron chi connectivity index (χ2n) is 19.5. The van der Waals surface area contributed by atoms with Crippen molar-refractivity contribution in [3.05, 3.63) is 301 Å². The third-order valence-corrected chi connectivity index (χ3v) is 15.6. The molecule has 0 saturated heterocycles. The number of benzene rings is 12. The van der Waals surface area contributed by atoms with E-state index in [2.05, 4.69) is 289 Å². The predicted molar refractivity (Wildman–Crippen MR) is 308 cm³/mol. The van der Waals surface area contributed by atoms with Gasteiger partial charge in [-0.2, -0.15) is 0 Å². The summed E-state index contributed by atoms with van der Waals surface area (Å²) in [6, 6.07) is 102. The minimum Gasteiger partial charge on any atom is -0.455 e. The molecule has 0 spiro atoms. The highest BCUT2D eigenvalue weighted by Gasteiger charge is 2.46. The van der Waals surface area contributed by atoms with Crippen LogP contribution in [0.1, 0.15) is 22.3 Å². The van der Waals surface area contributed by atoms with Crippen LogP contribution in [0.15, 0.2) is 283 Å². The van der Waals surface area contributed by atoms with E-state index in [1.165, 1.54) is 55.3 Å². The van der Waals surface area contributed by atoms with Crippen molar-refractivity contribution in [3.63, 3.8) is 0 Å². The lowest BCUT2D eigenvalue weighted by Crippen LogP contribution is -2.28. The van der Waals surface area contributed by atoms with Gasteiger partial charge in [-0.15, -0.1) is 0 Å². The zero-order valence-electron chi connectivity index (χ0n) is 40.4. The summed E-state index contributed by atoms with van der Waals surface area (Å²) in [5.41, 5.74) is 20.0. The molecule has 0 saturated carbocycles. The molecule has 2 aromatic heterocycles. The maximum Gasteiger partial charge on any atom is 0.143 e. The highest BCUT2D eigenvalue weighted by atomic mass is 16.3. The van der Waals surface area contributed by atoms with E-state index in [0.717, 1.165) is 77.6 Å². The molecule has 3 nitrogen and oxygen atoms in total. The molecule has 0 radical (unpaired) electrons. The van der Waals surface area contributed by atoms with Gasteiger partial charge in [-0.25, -0.2) is 0 Å². The maximum absolute atomic E-state index is 7.28. The van der Waals surface area contributed by atoms with Crippen molar-refractivity contribution in [1.29, 1.82) is 0 Å². The number of para-hydroxylation sites is 2. The Morgan fingerprint density at radius 2 is 0.932 bits per heavy atom. The minimum absolute atomic E-state index is 0.484. The molecule has 3 heteroatoms. The zero-order valence-corrected chi connectivity index (χ0v) is 40.4. The standard InChI is InChI=1S/C71H46N2O/c1-5-20-47(21-6-1)48-36-39-54(40-37-48)72(53-27-11-4-12-28-53)55-41-42-59-58-31-16-18-33-64(58)73(66(59)46-55)65-34-19-35-67-69(65)61-44-49-22-13-14-29-56(49)68(70(61)74-67)50-38-43-63-60(45-50)57-30-15-17-32-62(57)71(63,51-23-7-2-8-24-51)52-25-9-3-10-26-52/h1-46H. The van der Waals surface area contributed by atoms with Gasteiger partial charge in [0.2, 0.25) is 0 Å². The molecular formula is C71H46N2O. The fourth-order valence-electron chi connectivity index (χ4n) is 12.5. The van der Waals surface area contributed by atoms with Crippen LogP contribution in [0.2, 0.25) is 0 Å². The molecule has 0 N–H and O–H groups in total. The summed E-state index contributed by atoms with van der Waals surface area (Å²) in [6.07, 6.45) is 0. The Balaban J connectivity index is 0.950. The maximum atomic E-state index is 7.28. The topological polar surface area (TPSA) is 21.3 Å². The molecule has 1 aliphatic carbocycles. The Bertz CT molecular complexity index is 4420. The van der Waals surface area contributed by atoms with Gasteiger partial charge < -0.3 is 13.9 Å². The van der Waals surface area contributed by atoms with Gasteiger partial charge in [-0.1, -0.05) is 212 Å². The number of fused-ring (bicyclic) bond motifs is 10. The molecule has 0 aliphatic heterocycles. The fraction of sp³-hybridized carbons (Fsp3) is 0.0141. The van der Waals surface area contributed by atoms with Crippen molar-refractivity contribution in [3.8, 4) is 39.1 Å². The largest absolute Gasteiger partial charge is 0.455 e. The Labute approximate surface area is 429 Å². The molecule has 14 aromatic rings. The van der Waals surface area contributed by atoms with E-state index in [1.807, 2.05) is 0 Å². The van der Waals surface area contributed by atoms with Crippen LogP contribution in [0.4, 0.5) is 17.1 Å². The fourth-order valence-corrected chi connectivity index (χ4v) is 12.5. The third kappa shape index (κ3) is 6.27. The Morgan fingerprint density at radius 1 is 0.351 bits per heavy atom. The highest BCUT2D eigenvalue weighted by molar-refractivity contribution is 6.21. The monoisotopic (exact) mass is 942 g/mol. The van der Waals surface area contributed by atoms with Crippen LogP contribution >= 0.6 is 0 Å². The van der Waals surface area contributed by atoms with E-state index in [-0.39, 0.29) is 0 Å². The number of nitrogens with zero attached hydrogens (tertiary/aromatic N) is 2. The lowest BCUT2D eigenvalue weighted by Gasteiger charge is -2.33. The van der Waals surface area contributed by atoms with E-state index < -0.39 is 5.41 Å². The van der Waals surface area contributed by atoms with E-state index >= 15 is 0 Å². The van der Waals surface area contributed by atoms with Crippen molar-refractivity contribution in [2.45, 2.75) is 5.41 Å². The van der Waals surface area contributed by atoms with Gasteiger partial charge in [-0.05, 0) is 128 Å². The van der Waals surface area contributed by atoms with Crippen molar-refractivity contribution < 1.29 is 4.42 Å². The van der Waals surface area contributed by atoms with Crippen LogP contribution in [0, 0.1) is 0 Å². The number of hydrogen-bond acceptors (Lipinski definition) is 2. The Hall–Kier alpha value is -9.70. The van der Waals surface area contributed by atoms with Gasteiger partial charge in [0.15, 0.2) is 0 Å². The molecule has 0 bridgehead atoms. The van der Waals surface area contributed by atoms with Crippen LogP contribution in [-0.2, 0) is 5.41 Å². The van der Waals surface area contributed by atoms with Gasteiger partial charge in [0.25, 0.3) is 0 Å². The van der Waals surface area contributed by atoms with Gasteiger partial charge in [-0.3, -0.25) is 0 Å². The third-order valence-electron chi connectivity index (χ3n) is 15.6. The SMILES string of the molecule is c1ccc(-c2ccc(N(c3ccccc3)c3ccc4c5ccccc5n(-c5cccc6oc7c(-c8ccc9c(c8)-c8ccccc8C9(c8ccccc8)c8ccccc8)c8ccccc8cc7c56)c4c3)cc2)cc1. The van der Waals surface area contributed by atoms with E-state index in [1.54, 1.807) is 0 Å². The summed E-state index contributed by atoms with van der Waals surface area (Å²) < 4.78 is 9.73. The molecular weight excluding hydrogens is 897 g/mol. The number of rotatable bonds is 8. The van der Waals surface area contributed by atoms with Gasteiger partial charge >= 0.3 is 0 Å². The zero-order chi connectivity index (χ0) is 48.7. The average molecular weight is 943 g/mol. The normalized spacial score (nSPS) is 12.7. The van der Waals surface area contributed by atoms with Gasteiger partial charge in [0.1, 0.15) is 11.2 Å². The van der Waals surface area contributed by atoms with E-state index in [0.29, 0.717) is 0 Å². The number of hydrogen-bond donors (Lipinski definition) is 0. The summed E-state index contributed by atoms with van der Waals surface area (Å²) in [7, 11) is 0. The molecule has 1 aliphatic rings. The lowest BCUT2D eigenvalue weighted by molar-refractivity contribution is 0.670. The number of anilines is 3. The van der Waals surface area contributed by atoms with Crippen LogP contribution < -0.4 is 4.90 Å². The first-order valence-electron chi connectivity index (χ1n) is 25.5. The van der Waals surface area contributed by atoms with Crippen LogP contribution in [0.3, 0.4) is 0 Å². The molecule has 0 unspecified atom stereocenters. The number of aromatic nitrogens is 1. The first kappa shape index (κ1) is 42.0. The molecule has 74 heavy (non-hydrogen) atoms. The molecule has 0 atom stereocenters. The summed E-state index contributed by atoms with van der Waals surface area (Å²) in [5.74, 6) is 0. The first-order chi connectivity index (χ1) is 36.7. The summed E-state index contributed by atoms with van der Waals surface area (Å²) in [6.45, 7) is 0. The summed E-state index contributed by atoms with van der Waals surface area (Å²) in [4.78, 5) is 2.36. The molecule has 346 valence electrons. The van der Waals surface area contributed by atoms with E-state index in [4.69, 9.17) is 4.42 Å². The van der Waals surface area contributed by atoms with Crippen LogP contribution in [0.5, 0.6) is 0 Å². The quantitative estimate of drug-likeness (QED) is 0.151. The lowest BCUT2D eigenvalue weighted by atomic mass is 9.67. The molecule has 2 heterocycles. The Morgan fingerprint density at radius 3 is 1.70 bits per heavy atom. The molecule has 15 rings (SSSR count). The predicted octanol–water partition coefficient (Wildman–Crippen LogP) is 19.0. The number of furan rings is 1. The molecule has 12 aromatic carbocycles. The second-order valence-corrected chi connectivity index (χ2v) is 19.5. The van der Waals surface area contributed by atoms with Crippen molar-refractivity contribution in [2.75, 3.05) is 4.90 Å². The second kappa shape index (κ2) is 16.7. The minimum atomic E-state index is -0.484. The first-order valence-corrected chi connectivity index (χ1v) is 25.5. The summed E-state index contributed by atoms with van der Waals surface area (Å²) >= 11 is 0. The van der Waals surface area contributed by atoms with E-state index in [9.17, 15) is 0 Å². The molecule has 0 amide bonds. The highest BCUT2D eigenvalue weighted by Crippen LogP contribution is 2.57. The van der Waals surface area contributed by atoms with Crippen molar-refractivity contribution in [2.24, 2.45) is 0 Å². The van der Waals surface area contributed by atoms with Gasteiger partial charge in [0.05, 0.1) is 27.5 Å².